The summed E-state index contributed by atoms with van der Waals surface area (Å²) in [6.07, 6.45) is 25.4. The third-order valence-electron chi connectivity index (χ3n) is 7.42. The van der Waals surface area contributed by atoms with Crippen LogP contribution in [0.2, 0.25) is 0 Å². The Morgan fingerprint density at radius 2 is 1.46 bits per heavy atom. The van der Waals surface area contributed by atoms with Crippen molar-refractivity contribution in [3.8, 4) is 0 Å². The zero-order chi connectivity index (χ0) is 25.6. The summed E-state index contributed by atoms with van der Waals surface area (Å²) in [6.45, 7) is 8.23. The maximum absolute atomic E-state index is 12.6. The average molecular weight is 495 g/mol. The van der Waals surface area contributed by atoms with Gasteiger partial charge < -0.3 is 14.6 Å². The second-order valence-electron chi connectivity index (χ2n) is 10.8. The zero-order valence-electron chi connectivity index (χ0n) is 23.3. The molecule has 1 saturated heterocycles. The van der Waals surface area contributed by atoms with E-state index in [1.54, 1.807) is 0 Å². The van der Waals surface area contributed by atoms with Gasteiger partial charge in [-0.05, 0) is 38.5 Å². The lowest BCUT2D eigenvalue weighted by Gasteiger charge is -2.24. The highest BCUT2D eigenvalue weighted by molar-refractivity contribution is 5.69. The lowest BCUT2D eigenvalue weighted by atomic mass is 10.00. The van der Waals surface area contributed by atoms with Crippen molar-refractivity contribution >= 4 is 5.97 Å². The maximum atomic E-state index is 12.6. The molecule has 4 heteroatoms. The molecule has 206 valence electrons. The van der Waals surface area contributed by atoms with Gasteiger partial charge >= 0.3 is 5.97 Å². The van der Waals surface area contributed by atoms with Crippen LogP contribution in [-0.4, -0.2) is 35.5 Å². The van der Waals surface area contributed by atoms with E-state index in [4.69, 9.17) is 9.47 Å². The Bertz CT molecular complexity index is 506. The van der Waals surface area contributed by atoms with Gasteiger partial charge in [-0.1, -0.05) is 110 Å². The number of aliphatic hydroxyl groups excluding tert-OH is 1. The standard InChI is InChI=1S/C31H58O4/c1-4-7-10-12-14-15-17-19-22-25-31(33)35-29(24-21-18-16-13-11-8-5-2)30-26-27(32)28(34-30)23-20-9-6-3/h5,27-30,32H,2,4,6-26H2,1,3H3/t27-,28-,29+,30+/m0/s1. The van der Waals surface area contributed by atoms with E-state index < -0.39 is 6.10 Å². The van der Waals surface area contributed by atoms with Crippen LogP contribution in [0.1, 0.15) is 155 Å². The molecule has 0 aromatic rings. The van der Waals surface area contributed by atoms with E-state index in [1.165, 1.54) is 70.6 Å². The van der Waals surface area contributed by atoms with Gasteiger partial charge in [0.1, 0.15) is 6.10 Å². The summed E-state index contributed by atoms with van der Waals surface area (Å²) in [5.41, 5.74) is 0. The minimum Gasteiger partial charge on any atom is -0.460 e. The highest BCUT2D eigenvalue weighted by Gasteiger charge is 2.39. The van der Waals surface area contributed by atoms with Crippen LogP contribution in [0.3, 0.4) is 0 Å². The van der Waals surface area contributed by atoms with Crippen molar-refractivity contribution in [2.75, 3.05) is 0 Å². The lowest BCUT2D eigenvalue weighted by molar-refractivity contribution is -0.158. The molecule has 1 heterocycles. The Hall–Kier alpha value is -0.870. The van der Waals surface area contributed by atoms with Gasteiger partial charge in [0.25, 0.3) is 0 Å². The second kappa shape index (κ2) is 22.3. The summed E-state index contributed by atoms with van der Waals surface area (Å²) >= 11 is 0. The van der Waals surface area contributed by atoms with Crippen LogP contribution in [0.5, 0.6) is 0 Å². The van der Waals surface area contributed by atoms with E-state index in [1.807, 2.05) is 6.08 Å². The zero-order valence-corrected chi connectivity index (χ0v) is 23.3. The number of carbonyl (C=O) groups is 1. The minimum absolute atomic E-state index is 0.0866. The van der Waals surface area contributed by atoms with E-state index in [0.717, 1.165) is 57.8 Å². The predicted octanol–water partition coefficient (Wildman–Crippen LogP) is 8.83. The minimum atomic E-state index is -0.436. The van der Waals surface area contributed by atoms with E-state index in [-0.39, 0.29) is 24.3 Å². The molecule has 0 saturated carbocycles. The molecule has 0 bridgehead atoms. The van der Waals surface area contributed by atoms with Crippen LogP contribution in [0.25, 0.3) is 0 Å². The first-order valence-electron chi connectivity index (χ1n) is 15.3. The number of hydrogen-bond donors (Lipinski definition) is 1. The quantitative estimate of drug-likeness (QED) is 0.0827. The van der Waals surface area contributed by atoms with Gasteiger partial charge in [-0.2, -0.15) is 0 Å². The fourth-order valence-corrected chi connectivity index (χ4v) is 5.15. The average Bonchev–Trinajstić information content (AvgIpc) is 3.22. The second-order valence-corrected chi connectivity index (χ2v) is 10.8. The van der Waals surface area contributed by atoms with Crippen molar-refractivity contribution in [2.24, 2.45) is 0 Å². The molecule has 1 N–H and O–H groups in total. The highest BCUT2D eigenvalue weighted by atomic mass is 16.6. The van der Waals surface area contributed by atoms with Crippen molar-refractivity contribution in [2.45, 2.75) is 180 Å². The fraction of sp³-hybridized carbons (Fsp3) is 0.903. The van der Waals surface area contributed by atoms with E-state index in [9.17, 15) is 9.90 Å². The van der Waals surface area contributed by atoms with Gasteiger partial charge in [-0.3, -0.25) is 4.79 Å². The molecule has 4 atom stereocenters. The molecule has 0 radical (unpaired) electrons. The number of hydrogen-bond acceptors (Lipinski definition) is 4. The molecule has 0 spiro atoms. The van der Waals surface area contributed by atoms with Gasteiger partial charge in [-0.25, -0.2) is 0 Å². The van der Waals surface area contributed by atoms with Crippen LogP contribution in [-0.2, 0) is 14.3 Å². The molecule has 0 aromatic carbocycles. The maximum Gasteiger partial charge on any atom is 0.306 e. The van der Waals surface area contributed by atoms with Crippen molar-refractivity contribution in [1.82, 2.24) is 0 Å². The Labute approximate surface area is 217 Å². The molecule has 1 aliphatic heterocycles. The molecule has 0 unspecified atom stereocenters. The highest BCUT2D eigenvalue weighted by Crippen LogP contribution is 2.30. The molecule has 35 heavy (non-hydrogen) atoms. The van der Waals surface area contributed by atoms with Crippen LogP contribution < -0.4 is 0 Å². The predicted molar refractivity (Wildman–Crippen MR) is 148 cm³/mol. The Morgan fingerprint density at radius 1 is 0.886 bits per heavy atom. The van der Waals surface area contributed by atoms with Crippen LogP contribution in [0.15, 0.2) is 12.7 Å². The molecule has 1 aliphatic rings. The summed E-state index contributed by atoms with van der Waals surface area (Å²) in [4.78, 5) is 12.6. The molecular weight excluding hydrogens is 436 g/mol. The van der Waals surface area contributed by atoms with Crippen molar-refractivity contribution in [3.63, 3.8) is 0 Å². The summed E-state index contributed by atoms with van der Waals surface area (Å²) in [6, 6.07) is 0. The van der Waals surface area contributed by atoms with E-state index >= 15 is 0 Å². The Kier molecular flexibility index (Phi) is 20.5. The van der Waals surface area contributed by atoms with Crippen LogP contribution in [0.4, 0.5) is 0 Å². The molecule has 0 aromatic heterocycles. The largest absolute Gasteiger partial charge is 0.460 e. The van der Waals surface area contributed by atoms with Gasteiger partial charge in [0.15, 0.2) is 0 Å². The normalized spacial score (nSPS) is 20.7. The summed E-state index contributed by atoms with van der Waals surface area (Å²) in [7, 11) is 0. The first-order chi connectivity index (χ1) is 17.1. The number of rotatable bonds is 24. The molecule has 4 nitrogen and oxygen atoms in total. The number of unbranched alkanes of at least 4 members (excludes halogenated alkanes) is 15. The first-order valence-corrected chi connectivity index (χ1v) is 15.3. The smallest absolute Gasteiger partial charge is 0.306 e. The molecule has 0 aliphatic carbocycles. The van der Waals surface area contributed by atoms with E-state index in [2.05, 4.69) is 20.4 Å². The van der Waals surface area contributed by atoms with Crippen molar-refractivity contribution < 1.29 is 19.4 Å². The number of allylic oxidation sites excluding steroid dienone is 1. The van der Waals surface area contributed by atoms with Crippen molar-refractivity contribution in [1.29, 1.82) is 0 Å². The third-order valence-corrected chi connectivity index (χ3v) is 7.42. The Balaban J connectivity index is 2.38. The number of carbonyl (C=O) groups excluding carboxylic acids is 1. The molecule has 1 fully saturated rings. The SMILES string of the molecule is C=CCCCCCCC[C@@H](OC(=O)CCCCCCCCCCC)[C@H]1C[C@H](O)[C@H](CCCCC)O1. The van der Waals surface area contributed by atoms with Crippen LogP contribution in [0, 0.1) is 0 Å². The number of aliphatic hydroxyl groups is 1. The lowest BCUT2D eigenvalue weighted by Crippen LogP contribution is -2.32. The van der Waals surface area contributed by atoms with Gasteiger partial charge in [0.2, 0.25) is 0 Å². The monoisotopic (exact) mass is 494 g/mol. The topological polar surface area (TPSA) is 55.8 Å². The van der Waals surface area contributed by atoms with Crippen LogP contribution >= 0.6 is 0 Å². The summed E-state index contributed by atoms with van der Waals surface area (Å²) < 4.78 is 12.2. The van der Waals surface area contributed by atoms with Gasteiger partial charge in [-0.15, -0.1) is 6.58 Å². The Morgan fingerprint density at radius 3 is 2.11 bits per heavy atom. The fourth-order valence-electron chi connectivity index (χ4n) is 5.15. The molecule has 1 rings (SSSR count). The van der Waals surface area contributed by atoms with Gasteiger partial charge in [0, 0.05) is 12.8 Å². The summed E-state index contributed by atoms with van der Waals surface area (Å²) in [5.74, 6) is -0.0866. The first kappa shape index (κ1) is 32.2. The van der Waals surface area contributed by atoms with Gasteiger partial charge in [0.05, 0.1) is 18.3 Å². The van der Waals surface area contributed by atoms with E-state index in [0.29, 0.717) is 12.8 Å². The van der Waals surface area contributed by atoms with Crippen molar-refractivity contribution in [3.05, 3.63) is 12.7 Å². The third kappa shape index (κ3) is 16.5. The number of ether oxygens (including phenoxy) is 2. The molecule has 0 amide bonds. The summed E-state index contributed by atoms with van der Waals surface area (Å²) in [5, 5.41) is 10.6. The molecular formula is C31H58O4. The number of esters is 1.